The van der Waals surface area contributed by atoms with Crippen LogP contribution in [0.15, 0.2) is 40.5 Å². The maximum atomic E-state index is 12.7. The van der Waals surface area contributed by atoms with E-state index in [1.807, 2.05) is 6.92 Å². The highest BCUT2D eigenvalue weighted by Crippen LogP contribution is 2.34. The molecule has 0 amide bonds. The van der Waals surface area contributed by atoms with Crippen LogP contribution in [0.25, 0.3) is 0 Å². The van der Waals surface area contributed by atoms with Crippen LogP contribution >= 0.6 is 0 Å². The van der Waals surface area contributed by atoms with Crippen LogP contribution in [-0.2, 0) is 6.42 Å². The molecular formula is C24H34F3N5O. The van der Waals surface area contributed by atoms with Crippen molar-refractivity contribution in [3.63, 3.8) is 0 Å². The fourth-order valence-corrected chi connectivity index (χ4v) is 5.34. The molecule has 1 aromatic carbocycles. The summed E-state index contributed by atoms with van der Waals surface area (Å²) in [5.41, 5.74) is 15.3. The third-order valence-electron chi connectivity index (χ3n) is 7.05. The highest BCUT2D eigenvalue weighted by Gasteiger charge is 2.35. The molecule has 9 heteroatoms. The zero-order valence-corrected chi connectivity index (χ0v) is 19.0. The number of nitrogens with two attached hydrogens (primary N) is 2. The van der Waals surface area contributed by atoms with Gasteiger partial charge in [0.25, 0.3) is 0 Å². The molecule has 4 rings (SSSR count). The minimum atomic E-state index is -4.72. The van der Waals surface area contributed by atoms with Crippen molar-refractivity contribution in [2.24, 2.45) is 22.4 Å². The number of hydrogen-bond acceptors (Lipinski definition) is 4. The molecule has 6 nitrogen and oxygen atoms in total. The van der Waals surface area contributed by atoms with Crippen molar-refractivity contribution in [1.29, 1.82) is 0 Å². The van der Waals surface area contributed by atoms with E-state index in [9.17, 15) is 13.2 Å². The molecule has 33 heavy (non-hydrogen) atoms. The molecule has 0 radical (unpaired) electrons. The molecule has 1 aliphatic heterocycles. The van der Waals surface area contributed by atoms with E-state index in [2.05, 4.69) is 15.4 Å². The number of ether oxygens (including phenoxy) is 1. The summed E-state index contributed by atoms with van der Waals surface area (Å²) >= 11 is 0. The second-order valence-corrected chi connectivity index (χ2v) is 9.69. The van der Waals surface area contributed by atoms with Crippen molar-refractivity contribution in [3.8, 4) is 5.75 Å². The zero-order chi connectivity index (χ0) is 23.6. The van der Waals surface area contributed by atoms with E-state index < -0.39 is 12.0 Å². The Morgan fingerprint density at radius 2 is 1.85 bits per heavy atom. The number of nitrogens with zero attached hydrogens (tertiary/aromatic N) is 1. The Hall–Kier alpha value is -2.26. The number of para-hydroxylation sites is 1. The van der Waals surface area contributed by atoms with Crippen molar-refractivity contribution in [2.75, 3.05) is 0 Å². The first-order valence-corrected chi connectivity index (χ1v) is 11.8. The maximum Gasteiger partial charge on any atom is 0.573 e. The van der Waals surface area contributed by atoms with Crippen LogP contribution in [0.4, 0.5) is 13.2 Å². The molecule has 1 heterocycles. The van der Waals surface area contributed by atoms with E-state index in [0.29, 0.717) is 12.0 Å². The van der Waals surface area contributed by atoms with Gasteiger partial charge in [0.15, 0.2) is 5.96 Å². The van der Waals surface area contributed by atoms with E-state index in [0.717, 1.165) is 50.9 Å². The van der Waals surface area contributed by atoms with Crippen LogP contribution in [0.3, 0.4) is 0 Å². The number of rotatable bonds is 5. The van der Waals surface area contributed by atoms with Gasteiger partial charge in [-0.25, -0.2) is 4.99 Å². The lowest BCUT2D eigenvalue weighted by Gasteiger charge is -2.40. The van der Waals surface area contributed by atoms with Gasteiger partial charge in [0.1, 0.15) is 11.4 Å². The first-order chi connectivity index (χ1) is 15.6. The van der Waals surface area contributed by atoms with E-state index in [-0.39, 0.29) is 23.8 Å². The molecule has 182 valence electrons. The molecule has 6 N–H and O–H groups in total. The summed E-state index contributed by atoms with van der Waals surface area (Å²) in [6.07, 6.45) is 3.53. The number of alkyl halides is 3. The quantitative estimate of drug-likeness (QED) is 0.526. The Kier molecular flexibility index (Phi) is 6.91. The van der Waals surface area contributed by atoms with Crippen LogP contribution < -0.4 is 26.8 Å². The Morgan fingerprint density at radius 1 is 1.15 bits per heavy atom. The molecule has 3 aliphatic rings. The van der Waals surface area contributed by atoms with E-state index >= 15 is 0 Å². The van der Waals surface area contributed by atoms with E-state index in [1.54, 1.807) is 12.1 Å². The van der Waals surface area contributed by atoms with Gasteiger partial charge in [0.2, 0.25) is 0 Å². The van der Waals surface area contributed by atoms with Crippen molar-refractivity contribution in [3.05, 3.63) is 41.1 Å². The molecule has 0 saturated heterocycles. The van der Waals surface area contributed by atoms with Gasteiger partial charge in [0, 0.05) is 11.7 Å². The average Bonchev–Trinajstić information content (AvgIpc) is 2.74. The normalized spacial score (nSPS) is 30.3. The molecule has 2 aliphatic carbocycles. The van der Waals surface area contributed by atoms with Crippen LogP contribution in [0.1, 0.15) is 63.9 Å². The van der Waals surface area contributed by atoms with Gasteiger partial charge >= 0.3 is 6.36 Å². The lowest BCUT2D eigenvalue weighted by molar-refractivity contribution is -0.274. The van der Waals surface area contributed by atoms with E-state index in [1.165, 1.54) is 29.8 Å². The monoisotopic (exact) mass is 465 g/mol. The summed E-state index contributed by atoms with van der Waals surface area (Å²) in [4.78, 5) is 4.91. The summed E-state index contributed by atoms with van der Waals surface area (Å²) in [6.45, 7) is 2.00. The smallest absolute Gasteiger partial charge is 0.406 e. The standard InChI is InChI=1S/C24H34F3N5O/c1-23(29)18-7-3-4-8-20(18)31-22(32-23)30-17-12-10-15(11-13-17)19(28)14-16-6-2-5-9-21(16)33-24(25,26)27/h2,5-6,9,15,17,19H,3-4,7-8,10-14,28-29H2,1H3,(H2,30,31,32). The lowest BCUT2D eigenvalue weighted by Crippen LogP contribution is -2.62. The molecule has 1 fully saturated rings. The molecule has 2 unspecified atom stereocenters. The van der Waals surface area contributed by atoms with Gasteiger partial charge < -0.3 is 26.8 Å². The molecule has 0 bridgehead atoms. The van der Waals surface area contributed by atoms with Gasteiger partial charge in [0.05, 0.1) is 6.04 Å². The zero-order valence-electron chi connectivity index (χ0n) is 19.0. The Bertz CT molecular complexity index is 904. The summed E-state index contributed by atoms with van der Waals surface area (Å²) < 4.78 is 42.3. The van der Waals surface area contributed by atoms with Gasteiger partial charge in [-0.15, -0.1) is 13.2 Å². The number of hydrogen-bond donors (Lipinski definition) is 4. The fraction of sp³-hybridized carbons (Fsp3) is 0.625. The first kappa shape index (κ1) is 23.9. The summed E-state index contributed by atoms with van der Waals surface area (Å²) in [7, 11) is 0. The minimum Gasteiger partial charge on any atom is -0.406 e. The molecular weight excluding hydrogens is 431 g/mol. The van der Waals surface area contributed by atoms with Crippen LogP contribution in [0.5, 0.6) is 5.75 Å². The fourth-order valence-electron chi connectivity index (χ4n) is 5.34. The molecule has 2 atom stereocenters. The topological polar surface area (TPSA) is 97.7 Å². The molecule has 1 saturated carbocycles. The third-order valence-corrected chi connectivity index (χ3v) is 7.05. The second-order valence-electron chi connectivity index (χ2n) is 9.69. The van der Waals surface area contributed by atoms with Crippen molar-refractivity contribution < 1.29 is 17.9 Å². The van der Waals surface area contributed by atoms with Gasteiger partial charge in [-0.3, -0.25) is 0 Å². The predicted octanol–water partition coefficient (Wildman–Crippen LogP) is 4.07. The molecule has 0 spiro atoms. The number of allylic oxidation sites excluding steroid dienone is 1. The maximum absolute atomic E-state index is 12.7. The Balaban J connectivity index is 1.34. The largest absolute Gasteiger partial charge is 0.573 e. The van der Waals surface area contributed by atoms with Crippen LogP contribution in [-0.4, -0.2) is 30.1 Å². The second kappa shape index (κ2) is 9.54. The van der Waals surface area contributed by atoms with Crippen molar-refractivity contribution in [1.82, 2.24) is 10.6 Å². The molecule has 0 aromatic heterocycles. The first-order valence-electron chi connectivity index (χ1n) is 11.8. The predicted molar refractivity (Wildman–Crippen MR) is 122 cm³/mol. The summed E-state index contributed by atoms with van der Waals surface area (Å²) in [5, 5.41) is 6.82. The number of benzene rings is 1. The number of guanidine groups is 1. The summed E-state index contributed by atoms with van der Waals surface area (Å²) in [5.74, 6) is 0.808. The Labute approximate surface area is 193 Å². The van der Waals surface area contributed by atoms with Gasteiger partial charge in [-0.2, -0.15) is 0 Å². The van der Waals surface area contributed by atoms with Crippen molar-refractivity contribution in [2.45, 2.75) is 88.8 Å². The third kappa shape index (κ3) is 6.00. The highest BCUT2D eigenvalue weighted by molar-refractivity contribution is 5.84. The van der Waals surface area contributed by atoms with Crippen LogP contribution in [0.2, 0.25) is 0 Å². The van der Waals surface area contributed by atoms with Gasteiger partial charge in [-0.05, 0) is 87.8 Å². The van der Waals surface area contributed by atoms with Crippen LogP contribution in [0, 0.1) is 5.92 Å². The lowest BCUT2D eigenvalue weighted by atomic mass is 9.80. The van der Waals surface area contributed by atoms with Crippen molar-refractivity contribution >= 4 is 5.96 Å². The highest BCUT2D eigenvalue weighted by atomic mass is 19.4. The Morgan fingerprint density at radius 3 is 2.58 bits per heavy atom. The number of halogens is 3. The molecule has 1 aromatic rings. The number of nitrogens with one attached hydrogen (secondary N) is 2. The minimum absolute atomic E-state index is 0.170. The number of aliphatic imine (C=N–C) groups is 1. The average molecular weight is 466 g/mol. The summed E-state index contributed by atoms with van der Waals surface area (Å²) in [6, 6.07) is 6.17. The SMILES string of the molecule is CC1(N)NC(=NC2CCC(C(N)Cc3ccccc3OC(F)(F)F)CC2)NC2=C1CCCC2. The van der Waals surface area contributed by atoms with E-state index in [4.69, 9.17) is 16.5 Å². The van der Waals surface area contributed by atoms with Gasteiger partial charge in [-0.1, -0.05) is 18.2 Å².